The van der Waals surface area contributed by atoms with Crippen LogP contribution in [-0.2, 0) is 16.0 Å². The van der Waals surface area contributed by atoms with E-state index in [2.05, 4.69) is 10.6 Å². The van der Waals surface area contributed by atoms with Crippen LogP contribution in [0, 0.1) is 11.8 Å². The van der Waals surface area contributed by atoms with E-state index in [1.807, 2.05) is 12.1 Å². The summed E-state index contributed by atoms with van der Waals surface area (Å²) in [5.74, 6) is -1.24. The van der Waals surface area contributed by atoms with Crippen molar-refractivity contribution in [2.24, 2.45) is 11.8 Å². The number of allylic oxidation sites excluding steroid dienone is 1. The number of piperidine rings is 1. The van der Waals surface area contributed by atoms with Crippen molar-refractivity contribution in [3.8, 4) is 0 Å². The molecule has 0 spiro atoms. The first-order chi connectivity index (χ1) is 12.5. The number of hydrogen-bond acceptors (Lipinski definition) is 4. The molecule has 2 aliphatic rings. The highest BCUT2D eigenvalue weighted by Gasteiger charge is 2.29. The van der Waals surface area contributed by atoms with Gasteiger partial charge in [0.05, 0.1) is 6.42 Å². The van der Waals surface area contributed by atoms with Crippen LogP contribution in [0.4, 0.5) is 5.69 Å². The lowest BCUT2D eigenvalue weighted by molar-refractivity contribution is -0.137. The van der Waals surface area contributed by atoms with E-state index >= 15 is 0 Å². The van der Waals surface area contributed by atoms with E-state index in [-0.39, 0.29) is 18.1 Å². The summed E-state index contributed by atoms with van der Waals surface area (Å²) in [6.07, 6.45) is 6.69. The lowest BCUT2D eigenvalue weighted by Crippen LogP contribution is -2.27. The lowest BCUT2D eigenvalue weighted by atomic mass is 9.81. The average Bonchev–Trinajstić information content (AvgIpc) is 2.63. The third-order valence-electron chi connectivity index (χ3n) is 5.10. The van der Waals surface area contributed by atoms with Crippen molar-refractivity contribution in [3.63, 3.8) is 0 Å². The normalized spacial score (nSPS) is 20.8. The molecule has 0 bridgehead atoms. The number of benzene rings is 1. The van der Waals surface area contributed by atoms with Crippen molar-refractivity contribution in [2.45, 2.75) is 32.1 Å². The summed E-state index contributed by atoms with van der Waals surface area (Å²) in [6, 6.07) is 5.22. The van der Waals surface area contributed by atoms with E-state index in [0.717, 1.165) is 31.5 Å². The number of aliphatic carboxylic acids is 1. The van der Waals surface area contributed by atoms with E-state index in [4.69, 9.17) is 5.11 Å². The van der Waals surface area contributed by atoms with Gasteiger partial charge in [-0.2, -0.15) is 0 Å². The minimum Gasteiger partial charge on any atom is -0.481 e. The highest BCUT2D eigenvalue weighted by molar-refractivity contribution is 6.03. The van der Waals surface area contributed by atoms with Crippen LogP contribution in [0.5, 0.6) is 0 Å². The van der Waals surface area contributed by atoms with E-state index in [0.29, 0.717) is 30.0 Å². The minimum atomic E-state index is -0.948. The molecule has 0 saturated carbocycles. The fraction of sp³-hybridized carbons (Fsp3) is 0.450. The number of carboxylic acid groups (broad SMARTS) is 1. The Morgan fingerprint density at radius 1 is 1.23 bits per heavy atom. The van der Waals surface area contributed by atoms with Crippen LogP contribution >= 0.6 is 0 Å². The largest absolute Gasteiger partial charge is 0.481 e. The predicted octanol–water partition coefficient (Wildman–Crippen LogP) is 2.40. The van der Waals surface area contributed by atoms with Crippen LogP contribution in [0.3, 0.4) is 0 Å². The molecule has 138 valence electrons. The van der Waals surface area contributed by atoms with E-state index in [1.54, 1.807) is 18.2 Å². The highest BCUT2D eigenvalue weighted by Crippen LogP contribution is 2.29. The Kier molecular flexibility index (Phi) is 5.83. The molecule has 1 saturated heterocycles. The fourth-order valence-electron chi connectivity index (χ4n) is 3.65. The smallest absolute Gasteiger partial charge is 0.304 e. The average molecular weight is 356 g/mol. The molecule has 1 heterocycles. The van der Waals surface area contributed by atoms with Crippen molar-refractivity contribution in [2.75, 3.05) is 18.4 Å². The molecule has 1 aliphatic carbocycles. The fourth-order valence-corrected chi connectivity index (χ4v) is 3.65. The predicted molar refractivity (Wildman–Crippen MR) is 98.2 cm³/mol. The van der Waals surface area contributed by atoms with Crippen LogP contribution in [0.15, 0.2) is 30.4 Å². The first-order valence-electron chi connectivity index (χ1n) is 9.12. The summed E-state index contributed by atoms with van der Waals surface area (Å²) in [7, 11) is 0. The first kappa shape index (κ1) is 18.3. The topological polar surface area (TPSA) is 95.5 Å². The number of nitrogens with one attached hydrogen (secondary N) is 2. The molecule has 6 heteroatoms. The summed E-state index contributed by atoms with van der Waals surface area (Å²) >= 11 is 0. The SMILES string of the molecule is O=C(O)CC1CCc2cc(NC(=O)/C=C/C3CCNCC3)ccc2C1=O. The van der Waals surface area contributed by atoms with Gasteiger partial charge in [-0.05, 0) is 74.5 Å². The Balaban J connectivity index is 1.62. The molecule has 6 nitrogen and oxygen atoms in total. The highest BCUT2D eigenvalue weighted by atomic mass is 16.4. The maximum Gasteiger partial charge on any atom is 0.304 e. The first-order valence-corrected chi connectivity index (χ1v) is 9.12. The molecule has 1 aromatic rings. The number of carboxylic acids is 1. The summed E-state index contributed by atoms with van der Waals surface area (Å²) in [6.45, 7) is 1.97. The number of fused-ring (bicyclic) bond motifs is 1. The number of carbonyl (C=O) groups is 3. The van der Waals surface area contributed by atoms with Gasteiger partial charge in [0.15, 0.2) is 5.78 Å². The molecule has 26 heavy (non-hydrogen) atoms. The molecular formula is C20H24N2O4. The van der Waals surface area contributed by atoms with Gasteiger partial charge in [-0.1, -0.05) is 6.08 Å². The molecule has 1 amide bonds. The van der Waals surface area contributed by atoms with Crippen LogP contribution in [0.2, 0.25) is 0 Å². The van der Waals surface area contributed by atoms with E-state index in [1.165, 1.54) is 0 Å². The van der Waals surface area contributed by atoms with Crippen LogP contribution in [0.25, 0.3) is 0 Å². The maximum atomic E-state index is 12.4. The van der Waals surface area contributed by atoms with Gasteiger partial charge < -0.3 is 15.7 Å². The number of Topliss-reactive ketones (excluding diaryl/α,β-unsaturated/α-hetero) is 1. The van der Waals surface area contributed by atoms with Gasteiger partial charge in [-0.15, -0.1) is 0 Å². The van der Waals surface area contributed by atoms with Crippen LogP contribution in [0.1, 0.15) is 41.6 Å². The molecule has 1 aromatic carbocycles. The van der Waals surface area contributed by atoms with Gasteiger partial charge in [0.2, 0.25) is 5.91 Å². The van der Waals surface area contributed by atoms with Crippen molar-refractivity contribution >= 4 is 23.3 Å². The summed E-state index contributed by atoms with van der Waals surface area (Å²) < 4.78 is 0. The van der Waals surface area contributed by atoms with Crippen LogP contribution in [-0.4, -0.2) is 35.9 Å². The number of anilines is 1. The second kappa shape index (κ2) is 8.27. The van der Waals surface area contributed by atoms with Crippen molar-refractivity contribution < 1.29 is 19.5 Å². The van der Waals surface area contributed by atoms with Crippen molar-refractivity contribution in [1.82, 2.24) is 5.32 Å². The Morgan fingerprint density at radius 3 is 2.73 bits per heavy atom. The summed E-state index contributed by atoms with van der Waals surface area (Å²) in [4.78, 5) is 35.4. The third kappa shape index (κ3) is 4.58. The third-order valence-corrected chi connectivity index (χ3v) is 5.10. The molecule has 3 rings (SSSR count). The monoisotopic (exact) mass is 356 g/mol. The number of rotatable bonds is 5. The molecule has 3 N–H and O–H groups in total. The number of hydrogen-bond donors (Lipinski definition) is 3. The molecule has 1 atom stereocenters. The molecule has 0 radical (unpaired) electrons. The Labute approximate surface area is 152 Å². The van der Waals surface area contributed by atoms with Gasteiger partial charge >= 0.3 is 5.97 Å². The number of ketones is 1. The van der Waals surface area contributed by atoms with Gasteiger partial charge in [-0.3, -0.25) is 14.4 Å². The van der Waals surface area contributed by atoms with Gasteiger partial charge in [0.1, 0.15) is 0 Å². The quantitative estimate of drug-likeness (QED) is 0.704. The number of carbonyl (C=O) groups excluding carboxylic acids is 2. The van der Waals surface area contributed by atoms with Crippen molar-refractivity contribution in [1.29, 1.82) is 0 Å². The van der Waals surface area contributed by atoms with Gasteiger partial charge in [0.25, 0.3) is 0 Å². The van der Waals surface area contributed by atoms with Gasteiger partial charge in [-0.25, -0.2) is 0 Å². The Bertz CT molecular complexity index is 735. The summed E-state index contributed by atoms with van der Waals surface area (Å²) in [5, 5.41) is 15.0. The zero-order valence-electron chi connectivity index (χ0n) is 14.7. The Morgan fingerprint density at radius 2 is 2.00 bits per heavy atom. The second-order valence-electron chi connectivity index (χ2n) is 7.01. The molecule has 1 aliphatic heterocycles. The zero-order chi connectivity index (χ0) is 18.5. The molecule has 1 unspecified atom stereocenters. The molecule has 0 aromatic heterocycles. The van der Waals surface area contributed by atoms with Crippen molar-refractivity contribution in [3.05, 3.63) is 41.5 Å². The lowest BCUT2D eigenvalue weighted by Gasteiger charge is -2.22. The molecule has 1 fully saturated rings. The Hall–Kier alpha value is -2.47. The number of aryl methyl sites for hydroxylation is 1. The number of amides is 1. The summed E-state index contributed by atoms with van der Waals surface area (Å²) in [5.41, 5.74) is 2.11. The minimum absolute atomic E-state index is 0.114. The maximum absolute atomic E-state index is 12.4. The van der Waals surface area contributed by atoms with E-state index in [9.17, 15) is 14.4 Å². The zero-order valence-corrected chi connectivity index (χ0v) is 14.7. The molecular weight excluding hydrogens is 332 g/mol. The van der Waals surface area contributed by atoms with Crippen LogP contribution < -0.4 is 10.6 Å². The van der Waals surface area contributed by atoms with E-state index < -0.39 is 11.9 Å². The van der Waals surface area contributed by atoms with Gasteiger partial charge in [0, 0.05) is 17.2 Å². The standard InChI is InChI=1S/C20H24N2O4/c23-18(6-1-13-7-9-21-10-8-13)22-16-4-5-17-14(11-16)2-3-15(20(17)26)12-19(24)25/h1,4-6,11,13,15,21H,2-3,7-10,12H2,(H,22,23)(H,24,25)/b6-1+. The second-order valence-corrected chi connectivity index (χ2v) is 7.01.